The average molecular weight is 453 g/mol. The van der Waals surface area contributed by atoms with Crippen molar-refractivity contribution in [2.75, 3.05) is 26.1 Å². The number of aromatic nitrogens is 1. The summed E-state index contributed by atoms with van der Waals surface area (Å²) in [6, 6.07) is 20.4. The van der Waals surface area contributed by atoms with Gasteiger partial charge in [0.2, 0.25) is 0 Å². The van der Waals surface area contributed by atoms with Crippen molar-refractivity contribution in [3.05, 3.63) is 89.1 Å². The Hall–Kier alpha value is -4.26. The highest BCUT2D eigenvalue weighted by atomic mass is 16.5. The fraction of sp³-hybridized carbons (Fsp3) is 0.185. The average Bonchev–Trinajstić information content (AvgIpc) is 3.39. The smallest absolute Gasteiger partial charge is 0.261 e. The van der Waals surface area contributed by atoms with Crippen molar-refractivity contribution < 1.29 is 19.1 Å². The van der Waals surface area contributed by atoms with Gasteiger partial charge in [-0.05, 0) is 60.5 Å². The maximum Gasteiger partial charge on any atom is 0.261 e. The Bertz CT molecular complexity index is 1460. The zero-order valence-electron chi connectivity index (χ0n) is 18.8. The van der Waals surface area contributed by atoms with Crippen LogP contribution in [0.5, 0.6) is 11.5 Å². The first-order valence-corrected chi connectivity index (χ1v) is 11.1. The molecule has 6 rings (SSSR count). The van der Waals surface area contributed by atoms with E-state index in [2.05, 4.69) is 10.3 Å². The van der Waals surface area contributed by atoms with Crippen molar-refractivity contribution in [2.45, 2.75) is 12.0 Å². The van der Waals surface area contributed by atoms with E-state index in [4.69, 9.17) is 9.47 Å². The summed E-state index contributed by atoms with van der Waals surface area (Å²) in [5.41, 5.74) is 3.34. The molecule has 2 N–H and O–H groups in total. The number of hydrogen-bond donors (Lipinski definition) is 2. The van der Waals surface area contributed by atoms with Gasteiger partial charge in [-0.15, -0.1) is 0 Å². The van der Waals surface area contributed by atoms with E-state index < -0.39 is 5.54 Å². The molecule has 0 saturated carbocycles. The number of hydrogen-bond acceptors (Lipinski definition) is 4. The number of nitrogens with zero attached hydrogens (tertiary/aromatic N) is 1. The van der Waals surface area contributed by atoms with Crippen molar-refractivity contribution in [1.82, 2.24) is 9.88 Å². The molecule has 3 heterocycles. The standard InChI is InChI=1S/C27H23N3O4/c1-33-17-9-7-16(8-10-17)25(31)30-14-13-19-20-15-18(34-2)11-12-22(20)28-24(19)27(30)21-5-3-4-6-23(21)29-26(27)32/h3-12,15,28H,13-14H2,1-2H3,(H,29,32)/t27-/m1/s1. The Kier molecular flexibility index (Phi) is 4.42. The first-order valence-electron chi connectivity index (χ1n) is 11.1. The van der Waals surface area contributed by atoms with Crippen LogP contribution in [0.15, 0.2) is 66.7 Å². The van der Waals surface area contributed by atoms with Gasteiger partial charge in [0, 0.05) is 34.3 Å². The molecule has 4 aromatic rings. The number of methoxy groups -OCH3 is 2. The summed E-state index contributed by atoms with van der Waals surface area (Å²) in [5.74, 6) is 0.962. The fourth-order valence-electron chi connectivity index (χ4n) is 5.35. The topological polar surface area (TPSA) is 83.7 Å². The number of rotatable bonds is 3. The Balaban J connectivity index is 1.60. The second-order valence-corrected chi connectivity index (χ2v) is 8.54. The van der Waals surface area contributed by atoms with Gasteiger partial charge >= 0.3 is 0 Å². The Labute approximate surface area is 196 Å². The zero-order valence-corrected chi connectivity index (χ0v) is 18.8. The molecule has 0 unspecified atom stereocenters. The maximum atomic E-state index is 13.9. The molecule has 0 aliphatic carbocycles. The summed E-state index contributed by atoms with van der Waals surface area (Å²) in [6.45, 7) is 0.393. The van der Waals surface area contributed by atoms with Crippen LogP contribution in [0.2, 0.25) is 0 Å². The van der Waals surface area contributed by atoms with Crippen LogP contribution in [0.3, 0.4) is 0 Å². The van der Waals surface area contributed by atoms with E-state index in [0.717, 1.165) is 33.5 Å². The molecule has 1 atom stereocenters. The SMILES string of the molecule is COc1ccc(C(=O)N2CCc3c([nH]c4ccc(OC)cc34)[C@]23C(=O)Nc2ccccc23)cc1. The van der Waals surface area contributed by atoms with Crippen LogP contribution >= 0.6 is 0 Å². The van der Waals surface area contributed by atoms with E-state index in [1.165, 1.54) is 0 Å². The van der Waals surface area contributed by atoms with Crippen LogP contribution in [0.25, 0.3) is 10.9 Å². The van der Waals surface area contributed by atoms with Crippen LogP contribution in [-0.4, -0.2) is 42.5 Å². The second kappa shape index (κ2) is 7.38. The lowest BCUT2D eigenvalue weighted by Crippen LogP contribution is -2.57. The summed E-state index contributed by atoms with van der Waals surface area (Å²) in [5, 5.41) is 4.03. The number of carbonyl (C=O) groups excluding carboxylic acids is 2. The van der Waals surface area contributed by atoms with Crippen LogP contribution < -0.4 is 14.8 Å². The highest BCUT2D eigenvalue weighted by Gasteiger charge is 2.58. The third kappa shape index (κ3) is 2.64. The quantitative estimate of drug-likeness (QED) is 0.490. The summed E-state index contributed by atoms with van der Waals surface area (Å²) >= 11 is 0. The minimum atomic E-state index is -1.30. The van der Waals surface area contributed by atoms with E-state index in [-0.39, 0.29) is 11.8 Å². The largest absolute Gasteiger partial charge is 0.497 e. The second-order valence-electron chi connectivity index (χ2n) is 8.54. The molecular formula is C27H23N3O4. The van der Waals surface area contributed by atoms with Crippen LogP contribution in [-0.2, 0) is 16.8 Å². The maximum absolute atomic E-state index is 13.9. The number of aromatic amines is 1. The van der Waals surface area contributed by atoms with Crippen LogP contribution in [0, 0.1) is 0 Å². The van der Waals surface area contributed by atoms with Gasteiger partial charge in [0.25, 0.3) is 11.8 Å². The molecule has 2 aliphatic rings. The lowest BCUT2D eigenvalue weighted by Gasteiger charge is -2.43. The lowest BCUT2D eigenvalue weighted by molar-refractivity contribution is -0.124. The Morgan fingerprint density at radius 2 is 1.71 bits per heavy atom. The van der Waals surface area contributed by atoms with Crippen molar-refractivity contribution in [3.8, 4) is 11.5 Å². The molecule has 7 nitrogen and oxygen atoms in total. The normalized spacial score (nSPS) is 18.5. The lowest BCUT2D eigenvalue weighted by atomic mass is 9.79. The highest BCUT2D eigenvalue weighted by molar-refractivity contribution is 6.12. The van der Waals surface area contributed by atoms with Gasteiger partial charge in [-0.2, -0.15) is 0 Å². The van der Waals surface area contributed by atoms with Crippen molar-refractivity contribution in [1.29, 1.82) is 0 Å². The van der Waals surface area contributed by atoms with E-state index in [1.807, 2.05) is 42.5 Å². The first kappa shape index (κ1) is 20.4. The van der Waals surface area contributed by atoms with Gasteiger partial charge < -0.3 is 24.7 Å². The van der Waals surface area contributed by atoms with Gasteiger partial charge in [-0.3, -0.25) is 9.59 Å². The van der Waals surface area contributed by atoms with Crippen LogP contribution in [0.4, 0.5) is 5.69 Å². The number of amides is 2. The van der Waals surface area contributed by atoms with Gasteiger partial charge in [-0.1, -0.05) is 18.2 Å². The summed E-state index contributed by atoms with van der Waals surface area (Å²) < 4.78 is 10.7. The molecule has 0 radical (unpaired) electrons. The minimum Gasteiger partial charge on any atom is -0.497 e. The number of ether oxygens (including phenoxy) is 2. The molecule has 170 valence electrons. The molecular weight excluding hydrogens is 430 g/mol. The monoisotopic (exact) mass is 453 g/mol. The van der Waals surface area contributed by atoms with E-state index >= 15 is 0 Å². The Morgan fingerprint density at radius 3 is 2.47 bits per heavy atom. The van der Waals surface area contributed by atoms with E-state index in [0.29, 0.717) is 30.0 Å². The zero-order chi connectivity index (χ0) is 23.4. The van der Waals surface area contributed by atoms with Gasteiger partial charge in [0.1, 0.15) is 11.5 Å². The van der Waals surface area contributed by atoms with E-state index in [9.17, 15) is 9.59 Å². The van der Waals surface area contributed by atoms with Crippen LogP contribution in [0.1, 0.15) is 27.2 Å². The molecule has 2 aliphatic heterocycles. The predicted octanol–water partition coefficient (Wildman–Crippen LogP) is 4.08. The van der Waals surface area contributed by atoms with Crippen molar-refractivity contribution in [2.24, 2.45) is 0 Å². The first-order chi connectivity index (χ1) is 16.6. The fourth-order valence-corrected chi connectivity index (χ4v) is 5.35. The van der Waals surface area contributed by atoms with Gasteiger partial charge in [0.15, 0.2) is 5.54 Å². The number of benzene rings is 3. The minimum absolute atomic E-state index is 0.212. The predicted molar refractivity (Wildman–Crippen MR) is 128 cm³/mol. The van der Waals surface area contributed by atoms with E-state index in [1.54, 1.807) is 43.4 Å². The Morgan fingerprint density at radius 1 is 0.971 bits per heavy atom. The molecule has 34 heavy (non-hydrogen) atoms. The highest BCUT2D eigenvalue weighted by Crippen LogP contribution is 2.50. The van der Waals surface area contributed by atoms with Crippen molar-refractivity contribution >= 4 is 28.4 Å². The molecule has 1 spiro atoms. The number of fused-ring (bicyclic) bond motifs is 6. The number of anilines is 1. The molecule has 7 heteroatoms. The van der Waals surface area contributed by atoms with Gasteiger partial charge in [0.05, 0.1) is 19.9 Å². The number of para-hydroxylation sites is 1. The summed E-state index contributed by atoms with van der Waals surface area (Å²) in [7, 11) is 3.22. The third-order valence-electron chi connectivity index (χ3n) is 6.94. The molecule has 3 aromatic carbocycles. The molecule has 2 amide bonds. The number of H-pyrrole nitrogens is 1. The van der Waals surface area contributed by atoms with Gasteiger partial charge in [-0.25, -0.2) is 0 Å². The number of carbonyl (C=O) groups is 2. The molecule has 0 bridgehead atoms. The molecule has 0 fully saturated rings. The summed E-state index contributed by atoms with van der Waals surface area (Å²) in [6.07, 6.45) is 0.613. The van der Waals surface area contributed by atoms with Crippen molar-refractivity contribution in [3.63, 3.8) is 0 Å². The molecule has 1 aromatic heterocycles. The third-order valence-corrected chi connectivity index (χ3v) is 6.94. The molecule has 0 saturated heterocycles. The number of nitrogens with one attached hydrogen (secondary N) is 2. The summed E-state index contributed by atoms with van der Waals surface area (Å²) in [4.78, 5) is 33.0.